The van der Waals surface area contributed by atoms with E-state index in [4.69, 9.17) is 37.0 Å². The average Bonchev–Trinajstić information content (AvgIpc) is 0.899. The number of hydrogen-bond acceptors (Lipinski definition) is 15. The van der Waals surface area contributed by atoms with Gasteiger partial charge in [0.15, 0.2) is 12.2 Å². The normalized spacial score (nSPS) is 14.1. The summed E-state index contributed by atoms with van der Waals surface area (Å²) in [5.74, 6) is 0.327. The third kappa shape index (κ3) is 78.7. The minimum absolute atomic E-state index is 0.106. The topological polar surface area (TPSA) is 237 Å². The predicted octanol–water partition coefficient (Wildman–Crippen LogP) is 26.5. The van der Waals surface area contributed by atoms with Crippen molar-refractivity contribution >= 4 is 39.5 Å². The number of phosphoric ester groups is 2. The van der Waals surface area contributed by atoms with E-state index in [-0.39, 0.29) is 25.7 Å². The van der Waals surface area contributed by atoms with E-state index in [1.807, 2.05) is 0 Å². The molecule has 630 valence electrons. The second-order valence-corrected chi connectivity index (χ2v) is 35.4. The van der Waals surface area contributed by atoms with Gasteiger partial charge in [0.2, 0.25) is 0 Å². The molecule has 0 bridgehead atoms. The second kappa shape index (κ2) is 77.0. The fourth-order valence-corrected chi connectivity index (χ4v) is 15.1. The molecular weight excluding hydrogens is 1380 g/mol. The Balaban J connectivity index is 5.24. The molecule has 0 aliphatic carbocycles. The Kier molecular flexibility index (Phi) is 75.6. The number of aliphatic hydroxyl groups excluding tert-OH is 1. The van der Waals surface area contributed by atoms with E-state index in [9.17, 15) is 43.2 Å². The van der Waals surface area contributed by atoms with Gasteiger partial charge in [-0.15, -0.1) is 0 Å². The zero-order valence-electron chi connectivity index (χ0n) is 69.9. The highest BCUT2D eigenvalue weighted by Gasteiger charge is 2.31. The van der Waals surface area contributed by atoms with Crippen molar-refractivity contribution < 1.29 is 80.2 Å². The fourth-order valence-electron chi connectivity index (χ4n) is 13.5. The molecule has 0 heterocycles. The molecule has 0 saturated carbocycles. The van der Waals surface area contributed by atoms with Crippen LogP contribution in [0.15, 0.2) is 0 Å². The molecular formula is C87H170O17P2. The van der Waals surface area contributed by atoms with Gasteiger partial charge in [-0.25, -0.2) is 9.13 Å². The summed E-state index contributed by atoms with van der Waals surface area (Å²) < 4.78 is 68.9. The molecule has 0 aliphatic heterocycles. The molecule has 0 spiro atoms. The molecule has 0 amide bonds. The molecule has 6 atom stereocenters. The van der Waals surface area contributed by atoms with E-state index in [0.717, 1.165) is 108 Å². The maximum atomic E-state index is 13.2. The van der Waals surface area contributed by atoms with Gasteiger partial charge in [0.25, 0.3) is 0 Å². The van der Waals surface area contributed by atoms with Crippen molar-refractivity contribution in [2.45, 2.75) is 478 Å². The second-order valence-electron chi connectivity index (χ2n) is 32.5. The van der Waals surface area contributed by atoms with Crippen LogP contribution in [-0.2, 0) is 65.4 Å². The van der Waals surface area contributed by atoms with Gasteiger partial charge in [-0.05, 0) is 43.4 Å². The smallest absolute Gasteiger partial charge is 0.462 e. The Bertz CT molecular complexity index is 2050. The van der Waals surface area contributed by atoms with Gasteiger partial charge in [0.05, 0.1) is 26.4 Å². The maximum Gasteiger partial charge on any atom is 0.472 e. The first-order valence-corrected chi connectivity index (χ1v) is 47.9. The molecule has 0 aliphatic rings. The fraction of sp³-hybridized carbons (Fsp3) is 0.954. The highest BCUT2D eigenvalue weighted by atomic mass is 31.2. The van der Waals surface area contributed by atoms with Gasteiger partial charge in [-0.1, -0.05) is 408 Å². The lowest BCUT2D eigenvalue weighted by Crippen LogP contribution is -2.30. The number of esters is 4. The standard InChI is InChI=1S/C87H170O17P2/c1-8-10-11-12-13-14-15-25-32-40-47-54-61-68-84(89)97-75-83(104-87(92)71-64-57-50-43-36-35-38-45-52-59-66-79(5)6)77-102-106(95,96)100-73-81(88)72-99-105(93,94)101-76-82(74-98-85(90)69-62-55-48-41-33-28-24-20-21-26-30-37-44-51-58-65-78(3)4)103-86(91)70-63-56-49-42-34-29-23-19-17-16-18-22-27-31-39-46-53-60-67-80(7)9-2/h78-83,88H,8-77H2,1-7H3,(H,93,94)(H,95,96)/t80?,81-,82-,83-/m1/s1. The molecule has 0 aromatic carbocycles. The summed E-state index contributed by atoms with van der Waals surface area (Å²) >= 11 is 0. The highest BCUT2D eigenvalue weighted by Crippen LogP contribution is 2.45. The van der Waals surface area contributed by atoms with Crippen molar-refractivity contribution in [3.8, 4) is 0 Å². The van der Waals surface area contributed by atoms with Crippen molar-refractivity contribution in [3.05, 3.63) is 0 Å². The van der Waals surface area contributed by atoms with E-state index >= 15 is 0 Å². The van der Waals surface area contributed by atoms with E-state index in [1.165, 1.54) is 270 Å². The molecule has 3 N–H and O–H groups in total. The summed E-state index contributed by atoms with van der Waals surface area (Å²) in [5, 5.41) is 10.7. The Hall–Kier alpha value is -1.94. The van der Waals surface area contributed by atoms with Crippen LogP contribution in [0.2, 0.25) is 0 Å². The SMILES string of the molecule is CCCCCCCCCCCCCCCC(=O)OC[C@H](COP(=O)(O)OC[C@H](O)COP(=O)(O)OC[C@@H](COC(=O)CCCCCCCCCCCCCCCCCC(C)C)OC(=O)CCCCCCCCCCCCCCCCCCCCC(C)CC)OC(=O)CCCCCCCCCCCCC(C)C. The number of rotatable bonds is 85. The van der Waals surface area contributed by atoms with Crippen LogP contribution in [0.3, 0.4) is 0 Å². The quantitative estimate of drug-likeness (QED) is 0.0222. The average molecular weight is 1550 g/mol. The molecule has 0 rings (SSSR count). The molecule has 19 heteroatoms. The zero-order chi connectivity index (χ0) is 77.9. The summed E-state index contributed by atoms with van der Waals surface area (Å²) in [6.45, 7) is 12.1. The van der Waals surface area contributed by atoms with Crippen LogP contribution < -0.4 is 0 Å². The van der Waals surface area contributed by atoms with Gasteiger partial charge in [-0.3, -0.25) is 37.3 Å². The monoisotopic (exact) mass is 1550 g/mol. The van der Waals surface area contributed by atoms with E-state index < -0.39 is 97.5 Å². The number of carbonyl (C=O) groups is 4. The predicted molar refractivity (Wildman–Crippen MR) is 437 cm³/mol. The van der Waals surface area contributed by atoms with E-state index in [2.05, 4.69) is 48.5 Å². The third-order valence-corrected chi connectivity index (χ3v) is 22.6. The molecule has 0 aromatic heterocycles. The van der Waals surface area contributed by atoms with Crippen molar-refractivity contribution in [2.75, 3.05) is 39.6 Å². The van der Waals surface area contributed by atoms with Crippen molar-refractivity contribution in [3.63, 3.8) is 0 Å². The van der Waals surface area contributed by atoms with Gasteiger partial charge >= 0.3 is 39.5 Å². The van der Waals surface area contributed by atoms with Gasteiger partial charge in [-0.2, -0.15) is 0 Å². The van der Waals surface area contributed by atoms with Crippen LogP contribution in [0.5, 0.6) is 0 Å². The molecule has 0 fully saturated rings. The van der Waals surface area contributed by atoms with Gasteiger partial charge < -0.3 is 33.8 Å². The maximum absolute atomic E-state index is 13.2. The van der Waals surface area contributed by atoms with Gasteiger partial charge in [0.1, 0.15) is 19.3 Å². The van der Waals surface area contributed by atoms with E-state index in [1.54, 1.807) is 0 Å². The Morgan fingerprint density at radius 3 is 0.717 bits per heavy atom. The summed E-state index contributed by atoms with van der Waals surface area (Å²) in [7, 11) is -9.93. The number of ether oxygens (including phenoxy) is 4. The van der Waals surface area contributed by atoms with Crippen LogP contribution >= 0.6 is 15.6 Å². The minimum Gasteiger partial charge on any atom is -0.462 e. The lowest BCUT2D eigenvalue weighted by atomic mass is 9.99. The van der Waals surface area contributed by atoms with Crippen LogP contribution in [0.1, 0.15) is 459 Å². The summed E-state index contributed by atoms with van der Waals surface area (Å²) in [4.78, 5) is 73.3. The number of carbonyl (C=O) groups excluding carboxylic acids is 4. The molecule has 17 nitrogen and oxygen atoms in total. The van der Waals surface area contributed by atoms with Crippen LogP contribution in [0.25, 0.3) is 0 Å². The highest BCUT2D eigenvalue weighted by molar-refractivity contribution is 7.47. The van der Waals surface area contributed by atoms with Gasteiger partial charge in [0, 0.05) is 25.7 Å². The molecule has 0 radical (unpaired) electrons. The summed E-state index contributed by atoms with van der Waals surface area (Å²) in [5.41, 5.74) is 0. The van der Waals surface area contributed by atoms with Crippen LogP contribution in [-0.4, -0.2) is 96.7 Å². The van der Waals surface area contributed by atoms with E-state index in [0.29, 0.717) is 25.7 Å². The number of hydrogen-bond donors (Lipinski definition) is 3. The first-order valence-electron chi connectivity index (χ1n) is 44.9. The zero-order valence-corrected chi connectivity index (χ0v) is 71.7. The first kappa shape index (κ1) is 104. The molecule has 0 saturated heterocycles. The number of unbranched alkanes of at least 4 members (excludes halogenated alkanes) is 52. The van der Waals surface area contributed by atoms with Crippen molar-refractivity contribution in [2.24, 2.45) is 17.8 Å². The Labute approximate surface area is 651 Å². The largest absolute Gasteiger partial charge is 0.472 e. The minimum atomic E-state index is -4.97. The Morgan fingerprint density at radius 1 is 0.274 bits per heavy atom. The van der Waals surface area contributed by atoms with Crippen molar-refractivity contribution in [1.29, 1.82) is 0 Å². The third-order valence-electron chi connectivity index (χ3n) is 20.7. The van der Waals surface area contributed by atoms with Crippen LogP contribution in [0.4, 0.5) is 0 Å². The summed E-state index contributed by atoms with van der Waals surface area (Å²) in [6, 6.07) is 0. The summed E-state index contributed by atoms with van der Waals surface area (Å²) in [6.07, 6.45) is 67.9. The molecule has 106 heavy (non-hydrogen) atoms. The Morgan fingerprint density at radius 2 is 0.481 bits per heavy atom. The van der Waals surface area contributed by atoms with Crippen LogP contribution in [0, 0.1) is 17.8 Å². The number of aliphatic hydroxyl groups is 1. The molecule has 0 aromatic rings. The first-order chi connectivity index (χ1) is 51.3. The van der Waals surface area contributed by atoms with Crippen molar-refractivity contribution in [1.82, 2.24) is 0 Å². The lowest BCUT2D eigenvalue weighted by Gasteiger charge is -2.21. The molecule has 3 unspecified atom stereocenters. The number of phosphoric acid groups is 2. The lowest BCUT2D eigenvalue weighted by molar-refractivity contribution is -0.161.